The van der Waals surface area contributed by atoms with E-state index in [-0.39, 0.29) is 10.8 Å². The second-order valence-corrected chi connectivity index (χ2v) is 4.92. The molecule has 0 aromatic carbocycles. The summed E-state index contributed by atoms with van der Waals surface area (Å²) in [6, 6.07) is 8.60. The Morgan fingerprint density at radius 2 is 2.13 bits per heavy atom. The molecule has 0 bridgehead atoms. The van der Waals surface area contributed by atoms with E-state index < -0.39 is 18.5 Å². The number of rotatable bonds is 4. The first kappa shape index (κ1) is 15.0. The molecule has 0 spiro atoms. The molecule has 3 rings (SSSR count). The summed E-state index contributed by atoms with van der Waals surface area (Å²) in [5, 5.41) is 2.67. The van der Waals surface area contributed by atoms with Crippen molar-refractivity contribution in [1.82, 2.24) is 14.4 Å². The number of carbonyl (C=O) groups excluding carboxylic acids is 2. The average molecular weight is 331 g/mol. The van der Waals surface area contributed by atoms with E-state index in [1.807, 2.05) is 12.1 Å². The molecule has 3 aromatic rings. The Balaban J connectivity index is 1.60. The van der Waals surface area contributed by atoms with Gasteiger partial charge >= 0.3 is 5.97 Å². The number of imidazole rings is 1. The summed E-state index contributed by atoms with van der Waals surface area (Å²) in [7, 11) is 0. The van der Waals surface area contributed by atoms with Crippen LogP contribution in [0.2, 0.25) is 5.15 Å². The van der Waals surface area contributed by atoms with Crippen LogP contribution >= 0.6 is 11.6 Å². The van der Waals surface area contributed by atoms with Crippen molar-refractivity contribution in [2.24, 2.45) is 0 Å². The Morgan fingerprint density at radius 3 is 2.91 bits per heavy atom. The van der Waals surface area contributed by atoms with E-state index in [0.717, 1.165) is 0 Å². The molecule has 0 aliphatic heterocycles. The van der Waals surface area contributed by atoms with E-state index in [0.29, 0.717) is 11.3 Å². The molecule has 0 radical (unpaired) electrons. The van der Waals surface area contributed by atoms with Crippen molar-refractivity contribution in [3.8, 4) is 0 Å². The Morgan fingerprint density at radius 1 is 1.26 bits per heavy atom. The number of ether oxygens (including phenoxy) is 1. The zero-order chi connectivity index (χ0) is 16.2. The van der Waals surface area contributed by atoms with Crippen LogP contribution in [0.5, 0.6) is 0 Å². The normalized spacial score (nSPS) is 10.5. The molecule has 0 unspecified atom stereocenters. The molecule has 1 amide bonds. The first-order valence-corrected chi connectivity index (χ1v) is 7.02. The minimum absolute atomic E-state index is 0.128. The van der Waals surface area contributed by atoms with E-state index in [1.54, 1.807) is 28.8 Å². The highest BCUT2D eigenvalue weighted by molar-refractivity contribution is 6.32. The quantitative estimate of drug-likeness (QED) is 0.585. The van der Waals surface area contributed by atoms with Crippen molar-refractivity contribution >= 4 is 34.8 Å². The Labute approximate surface area is 135 Å². The van der Waals surface area contributed by atoms with Gasteiger partial charge in [-0.1, -0.05) is 17.7 Å². The number of aromatic nitrogens is 3. The van der Waals surface area contributed by atoms with Gasteiger partial charge in [0.1, 0.15) is 5.65 Å². The average Bonchev–Trinajstić information content (AvgIpc) is 2.99. The molecule has 116 valence electrons. The van der Waals surface area contributed by atoms with E-state index in [1.165, 1.54) is 12.4 Å². The van der Waals surface area contributed by atoms with Crippen molar-refractivity contribution < 1.29 is 14.3 Å². The van der Waals surface area contributed by atoms with Gasteiger partial charge in [0.05, 0.1) is 5.69 Å². The van der Waals surface area contributed by atoms with Crippen LogP contribution in [-0.2, 0) is 9.53 Å². The lowest BCUT2D eigenvalue weighted by atomic mass is 10.4. The van der Waals surface area contributed by atoms with Crippen LogP contribution in [0, 0.1) is 0 Å². The number of esters is 1. The van der Waals surface area contributed by atoms with Crippen molar-refractivity contribution in [2.45, 2.75) is 0 Å². The fourth-order valence-electron chi connectivity index (χ4n) is 1.90. The third-order valence-electron chi connectivity index (χ3n) is 2.94. The summed E-state index contributed by atoms with van der Waals surface area (Å²) in [5.74, 6) is -1.20. The zero-order valence-corrected chi connectivity index (χ0v) is 12.5. The molecule has 7 nitrogen and oxygen atoms in total. The van der Waals surface area contributed by atoms with E-state index >= 15 is 0 Å². The molecule has 3 aromatic heterocycles. The first-order chi connectivity index (χ1) is 11.1. The van der Waals surface area contributed by atoms with Gasteiger partial charge in [-0.15, -0.1) is 0 Å². The van der Waals surface area contributed by atoms with Gasteiger partial charge in [0.2, 0.25) is 0 Å². The maximum Gasteiger partial charge on any atom is 0.359 e. The van der Waals surface area contributed by atoms with Gasteiger partial charge in [-0.05, 0) is 24.3 Å². The van der Waals surface area contributed by atoms with Crippen LogP contribution in [0.4, 0.5) is 5.69 Å². The molecule has 0 fully saturated rings. The number of nitrogens with zero attached hydrogens (tertiary/aromatic N) is 3. The fourth-order valence-corrected chi connectivity index (χ4v) is 2.07. The highest BCUT2D eigenvalue weighted by Crippen LogP contribution is 2.17. The number of anilines is 1. The van der Waals surface area contributed by atoms with Crippen LogP contribution in [-0.4, -0.2) is 32.9 Å². The molecule has 0 atom stereocenters. The van der Waals surface area contributed by atoms with Crippen LogP contribution in [0.25, 0.3) is 5.65 Å². The van der Waals surface area contributed by atoms with Crippen LogP contribution in [0.3, 0.4) is 0 Å². The maximum absolute atomic E-state index is 11.9. The summed E-state index contributed by atoms with van der Waals surface area (Å²) < 4.78 is 6.63. The fraction of sp³-hybridized carbons (Fsp3) is 0.0667. The number of nitrogens with one attached hydrogen (secondary N) is 1. The van der Waals surface area contributed by atoms with Gasteiger partial charge in [-0.3, -0.25) is 4.79 Å². The molecule has 23 heavy (non-hydrogen) atoms. The molecule has 8 heteroatoms. The minimum Gasteiger partial charge on any atom is -0.451 e. The topological polar surface area (TPSA) is 85.6 Å². The molecule has 0 saturated carbocycles. The number of pyridine rings is 2. The first-order valence-electron chi connectivity index (χ1n) is 6.65. The van der Waals surface area contributed by atoms with Crippen molar-refractivity contribution in [3.05, 3.63) is 59.8 Å². The van der Waals surface area contributed by atoms with Crippen molar-refractivity contribution in [1.29, 1.82) is 0 Å². The van der Waals surface area contributed by atoms with Gasteiger partial charge < -0.3 is 14.5 Å². The molecular weight excluding hydrogens is 320 g/mol. The lowest BCUT2D eigenvalue weighted by molar-refractivity contribution is -0.119. The summed E-state index contributed by atoms with van der Waals surface area (Å²) in [4.78, 5) is 31.6. The molecule has 0 saturated heterocycles. The highest BCUT2D eigenvalue weighted by atomic mass is 35.5. The van der Waals surface area contributed by atoms with Gasteiger partial charge in [0.25, 0.3) is 5.91 Å². The number of fused-ring (bicyclic) bond motifs is 1. The zero-order valence-electron chi connectivity index (χ0n) is 11.8. The Hall–Kier alpha value is -2.93. The SMILES string of the molecule is O=C(COC(=O)c1cn2ccccc2n1)Nc1cccnc1Cl. The van der Waals surface area contributed by atoms with Crippen LogP contribution in [0.1, 0.15) is 10.5 Å². The lowest BCUT2D eigenvalue weighted by Gasteiger charge is -2.06. The van der Waals surface area contributed by atoms with Crippen LogP contribution in [0.15, 0.2) is 48.9 Å². The number of hydrogen-bond donors (Lipinski definition) is 1. The second kappa shape index (κ2) is 6.45. The van der Waals surface area contributed by atoms with Gasteiger partial charge in [-0.25, -0.2) is 14.8 Å². The van der Waals surface area contributed by atoms with Gasteiger partial charge in [0.15, 0.2) is 17.5 Å². The number of amides is 1. The second-order valence-electron chi connectivity index (χ2n) is 4.56. The van der Waals surface area contributed by atoms with E-state index in [4.69, 9.17) is 16.3 Å². The third-order valence-corrected chi connectivity index (χ3v) is 3.24. The predicted octanol–water partition coefficient (Wildman–Crippen LogP) is 2.18. The molecule has 0 aliphatic carbocycles. The smallest absolute Gasteiger partial charge is 0.359 e. The molecule has 0 aliphatic rings. The summed E-state index contributed by atoms with van der Waals surface area (Å²) >= 11 is 5.83. The number of hydrogen-bond acceptors (Lipinski definition) is 5. The molecule has 1 N–H and O–H groups in total. The summed E-state index contributed by atoms with van der Waals surface area (Å²) in [5.41, 5.74) is 1.09. The minimum atomic E-state index is -0.680. The largest absolute Gasteiger partial charge is 0.451 e. The predicted molar refractivity (Wildman–Crippen MR) is 83.4 cm³/mol. The number of carbonyl (C=O) groups is 2. The lowest BCUT2D eigenvalue weighted by Crippen LogP contribution is -2.21. The van der Waals surface area contributed by atoms with E-state index in [2.05, 4.69) is 15.3 Å². The number of halogens is 1. The van der Waals surface area contributed by atoms with Gasteiger partial charge in [0, 0.05) is 18.6 Å². The van der Waals surface area contributed by atoms with E-state index in [9.17, 15) is 9.59 Å². The van der Waals surface area contributed by atoms with Crippen LogP contribution < -0.4 is 5.32 Å². The Bertz CT molecular complexity index is 845. The summed E-state index contributed by atoms with van der Waals surface area (Å²) in [6.07, 6.45) is 4.80. The monoisotopic (exact) mass is 330 g/mol. The summed E-state index contributed by atoms with van der Waals surface area (Å²) in [6.45, 7) is -0.446. The van der Waals surface area contributed by atoms with Gasteiger partial charge in [-0.2, -0.15) is 0 Å². The maximum atomic E-state index is 11.9. The van der Waals surface area contributed by atoms with Crippen molar-refractivity contribution in [3.63, 3.8) is 0 Å². The molecular formula is C15H11ClN4O3. The third kappa shape index (κ3) is 3.46. The highest BCUT2D eigenvalue weighted by Gasteiger charge is 2.14. The Kier molecular flexibility index (Phi) is 4.20. The standard InChI is InChI=1S/C15H11ClN4O3/c16-14-10(4-3-6-17-14)19-13(21)9-23-15(22)11-8-20-7-2-1-5-12(20)18-11/h1-8H,9H2,(H,19,21). The molecule has 3 heterocycles. The van der Waals surface area contributed by atoms with Crippen molar-refractivity contribution in [2.75, 3.05) is 11.9 Å².